The van der Waals surface area contributed by atoms with Crippen LogP contribution in [0.2, 0.25) is 5.02 Å². The van der Waals surface area contributed by atoms with E-state index in [-0.39, 0.29) is 12.4 Å². The summed E-state index contributed by atoms with van der Waals surface area (Å²) in [5, 5.41) is 10.2. The molecule has 0 bridgehead atoms. The molecular weight excluding hydrogens is 347 g/mol. The average Bonchev–Trinajstić information content (AvgIpc) is 2.40. The van der Waals surface area contributed by atoms with Gasteiger partial charge >= 0.3 is 0 Å². The van der Waals surface area contributed by atoms with Crippen LogP contribution in [0.4, 0.5) is 4.39 Å². The summed E-state index contributed by atoms with van der Waals surface area (Å²) in [6, 6.07) is 9.62. The minimum atomic E-state index is -0.674. The minimum absolute atomic E-state index is 0.0494. The highest BCUT2D eigenvalue weighted by Crippen LogP contribution is 2.29. The first kappa shape index (κ1) is 15.3. The van der Waals surface area contributed by atoms with Crippen molar-refractivity contribution in [2.75, 3.05) is 0 Å². The van der Waals surface area contributed by atoms with Crippen LogP contribution >= 0.6 is 27.5 Å². The van der Waals surface area contributed by atoms with Crippen LogP contribution in [0.3, 0.4) is 0 Å². The largest absolute Gasteiger partial charge is 0.488 e. The van der Waals surface area contributed by atoms with Crippen molar-refractivity contribution < 1.29 is 14.2 Å². The first-order valence-electron chi connectivity index (χ1n) is 6.01. The maximum atomic E-state index is 13.6. The van der Waals surface area contributed by atoms with E-state index in [0.29, 0.717) is 21.9 Å². The fourth-order valence-corrected chi connectivity index (χ4v) is 2.36. The molecule has 0 heterocycles. The number of hydrogen-bond donors (Lipinski definition) is 1. The van der Waals surface area contributed by atoms with E-state index in [2.05, 4.69) is 15.9 Å². The van der Waals surface area contributed by atoms with Gasteiger partial charge in [-0.3, -0.25) is 0 Å². The van der Waals surface area contributed by atoms with Gasteiger partial charge in [-0.05, 0) is 43.3 Å². The highest BCUT2D eigenvalue weighted by atomic mass is 79.9. The normalized spacial score (nSPS) is 12.2. The van der Waals surface area contributed by atoms with E-state index in [1.165, 1.54) is 18.2 Å². The molecule has 0 radical (unpaired) electrons. The van der Waals surface area contributed by atoms with Gasteiger partial charge in [0.15, 0.2) is 0 Å². The van der Waals surface area contributed by atoms with Gasteiger partial charge in [0.05, 0.1) is 6.10 Å². The predicted molar refractivity (Wildman–Crippen MR) is 80.5 cm³/mol. The zero-order valence-corrected chi connectivity index (χ0v) is 13.1. The van der Waals surface area contributed by atoms with Crippen LogP contribution in [-0.2, 0) is 6.61 Å². The molecule has 106 valence electrons. The van der Waals surface area contributed by atoms with Gasteiger partial charge in [0, 0.05) is 20.6 Å². The summed E-state index contributed by atoms with van der Waals surface area (Å²) in [6.07, 6.45) is -0.674. The molecule has 0 unspecified atom stereocenters. The predicted octanol–water partition coefficient (Wildman–Crippen LogP) is 4.87. The summed E-state index contributed by atoms with van der Waals surface area (Å²) >= 11 is 9.17. The average molecular weight is 360 g/mol. The molecule has 2 aromatic carbocycles. The number of aliphatic hydroxyl groups excluding tert-OH is 1. The summed E-state index contributed by atoms with van der Waals surface area (Å²) in [6.45, 7) is 1.70. The Morgan fingerprint density at radius 2 is 2.05 bits per heavy atom. The lowest BCUT2D eigenvalue weighted by Gasteiger charge is -2.14. The van der Waals surface area contributed by atoms with E-state index < -0.39 is 6.10 Å². The van der Waals surface area contributed by atoms with Gasteiger partial charge in [-0.15, -0.1) is 0 Å². The van der Waals surface area contributed by atoms with Crippen LogP contribution in [0.1, 0.15) is 24.2 Å². The summed E-state index contributed by atoms with van der Waals surface area (Å²) in [4.78, 5) is 0. The molecule has 0 aliphatic carbocycles. The van der Waals surface area contributed by atoms with Crippen molar-refractivity contribution in [1.29, 1.82) is 0 Å². The van der Waals surface area contributed by atoms with Crippen molar-refractivity contribution in [2.24, 2.45) is 0 Å². The van der Waals surface area contributed by atoms with Crippen molar-refractivity contribution >= 4 is 27.5 Å². The van der Waals surface area contributed by atoms with Gasteiger partial charge in [-0.25, -0.2) is 4.39 Å². The van der Waals surface area contributed by atoms with Crippen LogP contribution in [0.25, 0.3) is 0 Å². The molecule has 5 heteroatoms. The Morgan fingerprint density at radius 3 is 2.75 bits per heavy atom. The monoisotopic (exact) mass is 358 g/mol. The molecule has 0 aliphatic heterocycles. The van der Waals surface area contributed by atoms with Gasteiger partial charge in [0.25, 0.3) is 0 Å². The van der Waals surface area contributed by atoms with Crippen molar-refractivity contribution in [2.45, 2.75) is 19.6 Å². The Kier molecular flexibility index (Phi) is 5.02. The Morgan fingerprint density at radius 1 is 1.30 bits per heavy atom. The summed E-state index contributed by atoms with van der Waals surface area (Å²) in [5.74, 6) is 0.146. The summed E-state index contributed by atoms with van der Waals surface area (Å²) in [7, 11) is 0. The van der Waals surface area contributed by atoms with Crippen molar-refractivity contribution in [1.82, 2.24) is 0 Å². The minimum Gasteiger partial charge on any atom is -0.488 e. The zero-order valence-electron chi connectivity index (χ0n) is 10.7. The third kappa shape index (κ3) is 3.72. The molecule has 0 fully saturated rings. The zero-order chi connectivity index (χ0) is 14.7. The fourth-order valence-electron chi connectivity index (χ4n) is 1.79. The third-order valence-electron chi connectivity index (χ3n) is 2.81. The topological polar surface area (TPSA) is 29.5 Å². The quantitative estimate of drug-likeness (QED) is 0.843. The molecule has 0 amide bonds. The van der Waals surface area contributed by atoms with E-state index in [9.17, 15) is 9.50 Å². The van der Waals surface area contributed by atoms with Crippen LogP contribution in [-0.4, -0.2) is 5.11 Å². The Labute approximate surface area is 130 Å². The van der Waals surface area contributed by atoms with Gasteiger partial charge in [0.2, 0.25) is 0 Å². The van der Waals surface area contributed by atoms with E-state index in [1.54, 1.807) is 25.1 Å². The SMILES string of the molecule is C[C@@H](O)c1cc(Br)ccc1OCc1cc(Cl)ccc1F. The molecule has 1 N–H and O–H groups in total. The van der Waals surface area contributed by atoms with Gasteiger partial charge in [0.1, 0.15) is 18.2 Å². The van der Waals surface area contributed by atoms with Gasteiger partial charge in [-0.1, -0.05) is 27.5 Å². The lowest BCUT2D eigenvalue weighted by atomic mass is 10.1. The molecule has 2 aromatic rings. The molecule has 2 nitrogen and oxygen atoms in total. The first-order valence-corrected chi connectivity index (χ1v) is 7.18. The molecule has 0 saturated carbocycles. The molecule has 1 atom stereocenters. The second-order valence-electron chi connectivity index (χ2n) is 4.38. The summed E-state index contributed by atoms with van der Waals surface area (Å²) in [5.41, 5.74) is 1.01. The number of benzene rings is 2. The number of aliphatic hydroxyl groups is 1. The molecule has 0 spiro atoms. The molecule has 20 heavy (non-hydrogen) atoms. The van der Waals surface area contributed by atoms with E-state index in [1.807, 2.05) is 0 Å². The number of hydrogen-bond acceptors (Lipinski definition) is 2. The van der Waals surface area contributed by atoms with E-state index >= 15 is 0 Å². The van der Waals surface area contributed by atoms with Crippen molar-refractivity contribution in [3.05, 3.63) is 62.8 Å². The summed E-state index contributed by atoms with van der Waals surface area (Å²) < 4.78 is 20.0. The molecule has 2 rings (SSSR count). The molecular formula is C15H13BrClFO2. The Hall–Kier alpha value is -1.10. The number of halogens is 3. The molecule has 0 saturated heterocycles. The van der Waals surface area contributed by atoms with Crippen LogP contribution in [0.15, 0.2) is 40.9 Å². The fraction of sp³-hybridized carbons (Fsp3) is 0.200. The van der Waals surface area contributed by atoms with Gasteiger partial charge < -0.3 is 9.84 Å². The highest BCUT2D eigenvalue weighted by Gasteiger charge is 2.11. The molecule has 0 aliphatic rings. The standard InChI is InChI=1S/C15H13BrClFO2/c1-9(19)13-7-11(16)2-5-15(13)20-8-10-6-12(17)3-4-14(10)18/h2-7,9,19H,8H2,1H3/t9-/m1/s1. The van der Waals surface area contributed by atoms with Crippen molar-refractivity contribution in [3.8, 4) is 5.75 Å². The maximum absolute atomic E-state index is 13.6. The van der Waals surface area contributed by atoms with E-state index in [4.69, 9.17) is 16.3 Å². The Balaban J connectivity index is 2.20. The lowest BCUT2D eigenvalue weighted by molar-refractivity contribution is 0.189. The number of ether oxygens (including phenoxy) is 1. The highest BCUT2D eigenvalue weighted by molar-refractivity contribution is 9.10. The van der Waals surface area contributed by atoms with Gasteiger partial charge in [-0.2, -0.15) is 0 Å². The Bertz CT molecular complexity index is 617. The van der Waals surface area contributed by atoms with Crippen molar-refractivity contribution in [3.63, 3.8) is 0 Å². The smallest absolute Gasteiger partial charge is 0.129 e. The second kappa shape index (κ2) is 6.57. The van der Waals surface area contributed by atoms with Crippen LogP contribution < -0.4 is 4.74 Å². The van der Waals surface area contributed by atoms with E-state index in [0.717, 1.165) is 4.47 Å². The van der Waals surface area contributed by atoms with Crippen LogP contribution in [0.5, 0.6) is 5.75 Å². The first-order chi connectivity index (χ1) is 9.47. The van der Waals surface area contributed by atoms with Crippen LogP contribution in [0, 0.1) is 5.82 Å². The molecule has 0 aromatic heterocycles. The second-order valence-corrected chi connectivity index (χ2v) is 5.73. The third-order valence-corrected chi connectivity index (χ3v) is 3.54. The maximum Gasteiger partial charge on any atom is 0.129 e. The lowest BCUT2D eigenvalue weighted by Crippen LogP contribution is -2.02. The number of rotatable bonds is 4.